The lowest BCUT2D eigenvalue weighted by Gasteiger charge is -2.42. The zero-order chi connectivity index (χ0) is 15.6. The van der Waals surface area contributed by atoms with E-state index >= 15 is 0 Å². The van der Waals surface area contributed by atoms with Crippen LogP contribution in [0.25, 0.3) is 22.0 Å². The monoisotopic (exact) mass is 300 g/mol. The molecule has 1 nitrogen and oxygen atoms in total. The highest BCUT2D eigenvalue weighted by Gasteiger charge is 2.37. The predicted molar refractivity (Wildman–Crippen MR) is 94.5 cm³/mol. The Morgan fingerprint density at radius 1 is 1.04 bits per heavy atom. The number of hydrogen-bond donors (Lipinski definition) is 0. The van der Waals surface area contributed by atoms with Crippen molar-refractivity contribution in [3.63, 3.8) is 0 Å². The second-order valence-corrected chi connectivity index (χ2v) is 7.47. The summed E-state index contributed by atoms with van der Waals surface area (Å²) in [4.78, 5) is 0. The molecular weight excluding hydrogens is 278 g/mol. The van der Waals surface area contributed by atoms with Gasteiger partial charge in [-0.2, -0.15) is 0 Å². The first-order valence-corrected chi connectivity index (χ1v) is 8.72. The average Bonchev–Trinajstić information content (AvgIpc) is 2.53. The van der Waals surface area contributed by atoms with Crippen molar-refractivity contribution in [2.75, 3.05) is 0 Å². The Kier molecular flexibility index (Phi) is 2.70. The topological polar surface area (TPSA) is 3.88 Å². The molecular formula is C22H22N+. The minimum Gasteiger partial charge on any atom is -0.200 e. The van der Waals surface area contributed by atoms with Crippen molar-refractivity contribution >= 4 is 10.8 Å². The molecule has 114 valence electrons. The zero-order valence-electron chi connectivity index (χ0n) is 13.8. The molecule has 0 amide bonds. The third-order valence-corrected chi connectivity index (χ3v) is 5.98. The van der Waals surface area contributed by atoms with Gasteiger partial charge in [0.1, 0.15) is 7.05 Å². The molecule has 3 aliphatic carbocycles. The second kappa shape index (κ2) is 4.67. The first-order chi connectivity index (χ1) is 11.2. The van der Waals surface area contributed by atoms with Crippen molar-refractivity contribution < 1.29 is 4.57 Å². The SMILES string of the molecule is Cc1ccccc1-c1c2cc3c(cc2cc[n+]1C)C1CC(C3)C1. The van der Waals surface area contributed by atoms with E-state index in [1.54, 1.807) is 11.1 Å². The maximum absolute atomic E-state index is 2.49. The first-order valence-electron chi connectivity index (χ1n) is 8.72. The summed E-state index contributed by atoms with van der Waals surface area (Å²) in [6, 6.07) is 16.0. The number of rotatable bonds is 1. The molecule has 0 spiro atoms. The Morgan fingerprint density at radius 3 is 2.70 bits per heavy atom. The minimum atomic E-state index is 0.837. The highest BCUT2D eigenvalue weighted by Crippen LogP contribution is 2.50. The van der Waals surface area contributed by atoms with Crippen molar-refractivity contribution in [2.24, 2.45) is 13.0 Å². The molecule has 2 bridgehead atoms. The molecule has 0 atom stereocenters. The van der Waals surface area contributed by atoms with Gasteiger partial charge in [0.05, 0.1) is 5.39 Å². The lowest BCUT2D eigenvalue weighted by atomic mass is 9.62. The summed E-state index contributed by atoms with van der Waals surface area (Å²) in [6.45, 7) is 2.21. The molecule has 1 fully saturated rings. The molecule has 1 aromatic heterocycles. The van der Waals surface area contributed by atoms with Crippen LogP contribution < -0.4 is 4.57 Å². The quantitative estimate of drug-likeness (QED) is 0.574. The lowest BCUT2D eigenvalue weighted by molar-refractivity contribution is -0.659. The summed E-state index contributed by atoms with van der Waals surface area (Å²) >= 11 is 0. The van der Waals surface area contributed by atoms with E-state index in [-0.39, 0.29) is 0 Å². The van der Waals surface area contributed by atoms with Crippen LogP contribution in [0.1, 0.15) is 35.4 Å². The number of aromatic nitrogens is 1. The van der Waals surface area contributed by atoms with Gasteiger partial charge in [-0.15, -0.1) is 0 Å². The molecule has 0 unspecified atom stereocenters. The van der Waals surface area contributed by atoms with Crippen LogP contribution in [-0.2, 0) is 13.5 Å². The Hall–Kier alpha value is -2.15. The minimum absolute atomic E-state index is 0.837. The number of aryl methyl sites for hydroxylation is 2. The summed E-state index contributed by atoms with van der Waals surface area (Å²) in [5.74, 6) is 1.79. The fraction of sp³-hybridized carbons (Fsp3) is 0.318. The van der Waals surface area contributed by atoms with Gasteiger partial charge in [0.2, 0.25) is 5.69 Å². The summed E-state index contributed by atoms with van der Waals surface area (Å²) in [6.07, 6.45) is 6.34. The van der Waals surface area contributed by atoms with E-state index in [4.69, 9.17) is 0 Å². The van der Waals surface area contributed by atoms with Crippen LogP contribution in [0, 0.1) is 12.8 Å². The Balaban J connectivity index is 1.82. The van der Waals surface area contributed by atoms with Crippen molar-refractivity contribution in [3.8, 4) is 11.3 Å². The lowest BCUT2D eigenvalue weighted by Crippen LogP contribution is -2.32. The van der Waals surface area contributed by atoms with Gasteiger partial charge >= 0.3 is 0 Å². The molecule has 1 heteroatoms. The van der Waals surface area contributed by atoms with Crippen LogP contribution >= 0.6 is 0 Å². The molecule has 2 aromatic carbocycles. The van der Waals surface area contributed by atoms with E-state index in [9.17, 15) is 0 Å². The summed E-state index contributed by atoms with van der Waals surface area (Å²) in [5.41, 5.74) is 7.27. The molecule has 0 radical (unpaired) electrons. The van der Waals surface area contributed by atoms with Crippen LogP contribution in [0.3, 0.4) is 0 Å². The smallest absolute Gasteiger partial charge is 0.200 e. The van der Waals surface area contributed by atoms with Crippen LogP contribution in [-0.4, -0.2) is 0 Å². The van der Waals surface area contributed by atoms with E-state index in [2.05, 4.69) is 67.2 Å². The standard InChI is InChI=1S/C22H22N/c1-14-5-3-4-6-19(14)22-21-13-18-11-15-9-17(10-15)20(18)12-16(21)7-8-23(22)2/h3-8,12-13,15,17H,9-11H2,1-2H3/q+1. The molecule has 0 N–H and O–H groups in total. The van der Waals surface area contributed by atoms with Gasteiger partial charge in [-0.25, -0.2) is 4.57 Å². The van der Waals surface area contributed by atoms with Gasteiger partial charge in [0.25, 0.3) is 0 Å². The van der Waals surface area contributed by atoms with Gasteiger partial charge in [0.15, 0.2) is 6.20 Å². The number of nitrogens with zero attached hydrogens (tertiary/aromatic N) is 1. The Labute approximate surface area is 137 Å². The maximum Gasteiger partial charge on any atom is 0.220 e. The van der Waals surface area contributed by atoms with Crippen LogP contribution in [0.2, 0.25) is 0 Å². The van der Waals surface area contributed by atoms with Crippen molar-refractivity contribution in [1.29, 1.82) is 0 Å². The second-order valence-electron chi connectivity index (χ2n) is 7.47. The van der Waals surface area contributed by atoms with Crippen molar-refractivity contribution in [2.45, 2.75) is 32.1 Å². The van der Waals surface area contributed by atoms with Gasteiger partial charge in [-0.1, -0.05) is 24.3 Å². The molecule has 1 heterocycles. The normalized spacial score (nSPS) is 21.8. The van der Waals surface area contributed by atoms with E-state index in [0.717, 1.165) is 11.8 Å². The summed E-state index contributed by atoms with van der Waals surface area (Å²) in [7, 11) is 2.16. The molecule has 23 heavy (non-hydrogen) atoms. The molecule has 6 rings (SSSR count). The average molecular weight is 300 g/mol. The Bertz CT molecular complexity index is 932. The van der Waals surface area contributed by atoms with Gasteiger partial charge < -0.3 is 0 Å². The van der Waals surface area contributed by atoms with Crippen LogP contribution in [0.15, 0.2) is 48.7 Å². The Morgan fingerprint density at radius 2 is 1.87 bits per heavy atom. The fourth-order valence-corrected chi connectivity index (χ4v) is 4.68. The number of fused-ring (bicyclic) bond motifs is 1. The molecule has 3 aromatic rings. The summed E-state index contributed by atoms with van der Waals surface area (Å²) < 4.78 is 2.28. The largest absolute Gasteiger partial charge is 0.220 e. The van der Waals surface area contributed by atoms with Gasteiger partial charge in [-0.05, 0) is 72.2 Å². The van der Waals surface area contributed by atoms with Crippen LogP contribution in [0.5, 0.6) is 0 Å². The van der Waals surface area contributed by atoms with Crippen LogP contribution in [0.4, 0.5) is 0 Å². The van der Waals surface area contributed by atoms with Crippen molar-refractivity contribution in [3.05, 3.63) is 65.4 Å². The number of hydrogen-bond acceptors (Lipinski definition) is 0. The zero-order valence-corrected chi connectivity index (χ0v) is 13.8. The highest BCUT2D eigenvalue weighted by molar-refractivity contribution is 5.94. The fourth-order valence-electron chi connectivity index (χ4n) is 4.68. The van der Waals surface area contributed by atoms with E-state index in [0.29, 0.717) is 0 Å². The van der Waals surface area contributed by atoms with E-state index < -0.39 is 0 Å². The number of pyridine rings is 1. The first kappa shape index (κ1) is 13.3. The predicted octanol–water partition coefficient (Wildman–Crippen LogP) is 4.69. The molecule has 0 saturated heterocycles. The third-order valence-electron chi connectivity index (χ3n) is 5.98. The molecule has 3 aliphatic rings. The molecule has 1 saturated carbocycles. The molecule has 0 aliphatic heterocycles. The number of benzene rings is 2. The maximum atomic E-state index is 2.49. The van der Waals surface area contributed by atoms with E-state index in [1.807, 2.05) is 0 Å². The van der Waals surface area contributed by atoms with Gasteiger partial charge in [-0.3, -0.25) is 0 Å². The third kappa shape index (κ3) is 1.89. The highest BCUT2D eigenvalue weighted by atomic mass is 14.9. The van der Waals surface area contributed by atoms with Crippen molar-refractivity contribution in [1.82, 2.24) is 0 Å². The summed E-state index contributed by atoms with van der Waals surface area (Å²) in [5, 5.41) is 2.80. The van der Waals surface area contributed by atoms with Gasteiger partial charge in [0, 0.05) is 11.6 Å². The van der Waals surface area contributed by atoms with E-state index in [1.165, 1.54) is 46.9 Å².